The molecule has 2 aromatic rings. The number of aliphatic hydroxyl groups is 1. The molecule has 4 nitrogen and oxygen atoms in total. The smallest absolute Gasteiger partial charge is 0.0860 e. The van der Waals surface area contributed by atoms with Gasteiger partial charge in [0.25, 0.3) is 0 Å². The van der Waals surface area contributed by atoms with Crippen molar-refractivity contribution in [2.24, 2.45) is 0 Å². The summed E-state index contributed by atoms with van der Waals surface area (Å²) in [5.74, 6) is 0. The number of hydrogen-bond acceptors (Lipinski definition) is 3. The molecule has 0 aliphatic rings. The summed E-state index contributed by atoms with van der Waals surface area (Å²) in [5, 5.41) is 15.3. The molecule has 0 aliphatic heterocycles. The van der Waals surface area contributed by atoms with E-state index in [0.717, 1.165) is 29.1 Å². The highest BCUT2D eigenvalue weighted by Gasteiger charge is 2.17. The van der Waals surface area contributed by atoms with Crippen LogP contribution in [0.3, 0.4) is 0 Å². The van der Waals surface area contributed by atoms with Gasteiger partial charge in [-0.05, 0) is 31.9 Å². The number of aromatic nitrogens is 3. The molecule has 0 aliphatic carbocycles. The topological polar surface area (TPSA) is 50.9 Å². The average molecular weight is 280 g/mol. The summed E-state index contributed by atoms with van der Waals surface area (Å²) in [6.07, 6.45) is 3.28. The molecule has 1 unspecified atom stereocenters. The maximum Gasteiger partial charge on any atom is 0.0860 e. The van der Waals surface area contributed by atoms with Crippen molar-refractivity contribution in [3.63, 3.8) is 0 Å². The molecule has 0 aromatic carbocycles. The SMILES string of the molecule is CCn1nc(C)c(Cl)c1CC(O)c1cncc(C)c1. The van der Waals surface area contributed by atoms with Crippen molar-refractivity contribution in [3.05, 3.63) is 46.0 Å². The average Bonchev–Trinajstić information content (AvgIpc) is 2.66. The third-order valence-corrected chi connectivity index (χ3v) is 3.61. The minimum absolute atomic E-state index is 0.443. The molecule has 102 valence electrons. The minimum Gasteiger partial charge on any atom is -0.388 e. The molecular weight excluding hydrogens is 262 g/mol. The van der Waals surface area contributed by atoms with Gasteiger partial charge in [0.05, 0.1) is 22.5 Å². The van der Waals surface area contributed by atoms with Crippen LogP contribution in [0.15, 0.2) is 18.5 Å². The van der Waals surface area contributed by atoms with Crippen molar-refractivity contribution in [1.82, 2.24) is 14.8 Å². The van der Waals surface area contributed by atoms with E-state index in [9.17, 15) is 5.11 Å². The first-order chi connectivity index (χ1) is 9.02. The molecule has 0 spiro atoms. The van der Waals surface area contributed by atoms with Crippen LogP contribution in [0.2, 0.25) is 5.02 Å². The van der Waals surface area contributed by atoms with Crippen LogP contribution in [-0.2, 0) is 13.0 Å². The molecular formula is C14H18ClN3O. The maximum atomic E-state index is 10.3. The molecule has 0 bridgehead atoms. The Bertz CT molecular complexity index is 580. The fraction of sp³-hybridized carbons (Fsp3) is 0.429. The lowest BCUT2D eigenvalue weighted by atomic mass is 10.1. The maximum absolute atomic E-state index is 10.3. The zero-order chi connectivity index (χ0) is 14.0. The summed E-state index contributed by atoms with van der Waals surface area (Å²) in [6.45, 7) is 6.57. The summed E-state index contributed by atoms with van der Waals surface area (Å²) in [7, 11) is 0. The van der Waals surface area contributed by atoms with E-state index in [1.54, 1.807) is 12.4 Å². The number of aliphatic hydroxyl groups excluding tert-OH is 1. The zero-order valence-corrected chi connectivity index (χ0v) is 12.1. The van der Waals surface area contributed by atoms with Crippen molar-refractivity contribution in [3.8, 4) is 0 Å². The summed E-state index contributed by atoms with van der Waals surface area (Å²) < 4.78 is 1.84. The van der Waals surface area contributed by atoms with Crippen LogP contribution in [0, 0.1) is 13.8 Å². The Morgan fingerprint density at radius 1 is 1.37 bits per heavy atom. The largest absolute Gasteiger partial charge is 0.388 e. The second-order valence-electron chi connectivity index (χ2n) is 4.68. The fourth-order valence-electron chi connectivity index (χ4n) is 2.13. The van der Waals surface area contributed by atoms with Crippen molar-refractivity contribution < 1.29 is 5.11 Å². The van der Waals surface area contributed by atoms with Gasteiger partial charge in [0.2, 0.25) is 0 Å². The van der Waals surface area contributed by atoms with E-state index < -0.39 is 6.10 Å². The monoisotopic (exact) mass is 279 g/mol. The fourth-order valence-corrected chi connectivity index (χ4v) is 2.34. The van der Waals surface area contributed by atoms with E-state index in [1.807, 2.05) is 31.5 Å². The van der Waals surface area contributed by atoms with Crippen LogP contribution in [0.1, 0.15) is 35.5 Å². The van der Waals surface area contributed by atoms with Gasteiger partial charge in [0.15, 0.2) is 0 Å². The van der Waals surface area contributed by atoms with Gasteiger partial charge < -0.3 is 5.11 Å². The lowest BCUT2D eigenvalue weighted by molar-refractivity contribution is 0.175. The summed E-state index contributed by atoms with van der Waals surface area (Å²) in [5.41, 5.74) is 3.50. The molecule has 0 saturated carbocycles. The summed E-state index contributed by atoms with van der Waals surface area (Å²) >= 11 is 6.25. The van der Waals surface area contributed by atoms with Gasteiger partial charge in [-0.15, -0.1) is 0 Å². The van der Waals surface area contributed by atoms with Crippen LogP contribution in [0.4, 0.5) is 0 Å². The molecule has 0 amide bonds. The number of nitrogens with zero attached hydrogens (tertiary/aromatic N) is 3. The Morgan fingerprint density at radius 2 is 2.11 bits per heavy atom. The van der Waals surface area contributed by atoms with Crippen molar-refractivity contribution in [1.29, 1.82) is 0 Å². The zero-order valence-electron chi connectivity index (χ0n) is 11.4. The highest BCUT2D eigenvalue weighted by molar-refractivity contribution is 6.31. The van der Waals surface area contributed by atoms with E-state index >= 15 is 0 Å². The number of aryl methyl sites for hydroxylation is 3. The predicted octanol–water partition coefficient (Wildman–Crippen LogP) is 2.84. The second-order valence-corrected chi connectivity index (χ2v) is 5.06. The molecule has 1 N–H and O–H groups in total. The number of halogens is 1. The molecule has 0 saturated heterocycles. The molecule has 2 rings (SSSR count). The van der Waals surface area contributed by atoms with E-state index in [-0.39, 0.29) is 0 Å². The Kier molecular flexibility index (Phi) is 4.22. The van der Waals surface area contributed by atoms with E-state index in [1.165, 1.54) is 0 Å². The minimum atomic E-state index is -0.619. The number of hydrogen-bond donors (Lipinski definition) is 1. The van der Waals surface area contributed by atoms with Crippen LogP contribution in [-0.4, -0.2) is 19.9 Å². The van der Waals surface area contributed by atoms with Gasteiger partial charge in [-0.3, -0.25) is 9.67 Å². The van der Waals surface area contributed by atoms with E-state index in [0.29, 0.717) is 11.4 Å². The summed E-state index contributed by atoms with van der Waals surface area (Å²) in [4.78, 5) is 4.10. The first-order valence-electron chi connectivity index (χ1n) is 6.34. The van der Waals surface area contributed by atoms with Crippen molar-refractivity contribution in [2.45, 2.75) is 39.8 Å². The highest BCUT2D eigenvalue weighted by Crippen LogP contribution is 2.26. The Hall–Kier alpha value is -1.39. The molecule has 19 heavy (non-hydrogen) atoms. The quantitative estimate of drug-likeness (QED) is 0.936. The lowest BCUT2D eigenvalue weighted by Gasteiger charge is -2.12. The van der Waals surface area contributed by atoms with Gasteiger partial charge in [-0.1, -0.05) is 17.7 Å². The third-order valence-electron chi connectivity index (χ3n) is 3.12. The first kappa shape index (κ1) is 14.0. The van der Waals surface area contributed by atoms with Gasteiger partial charge >= 0.3 is 0 Å². The number of pyridine rings is 1. The first-order valence-corrected chi connectivity index (χ1v) is 6.72. The molecule has 5 heteroatoms. The van der Waals surface area contributed by atoms with Crippen LogP contribution >= 0.6 is 11.6 Å². The van der Waals surface area contributed by atoms with E-state index in [4.69, 9.17) is 11.6 Å². The van der Waals surface area contributed by atoms with Crippen LogP contribution < -0.4 is 0 Å². The summed E-state index contributed by atoms with van der Waals surface area (Å²) in [6, 6.07) is 1.94. The van der Waals surface area contributed by atoms with Crippen molar-refractivity contribution >= 4 is 11.6 Å². The van der Waals surface area contributed by atoms with Gasteiger partial charge in [-0.25, -0.2) is 0 Å². The predicted molar refractivity (Wildman–Crippen MR) is 75.3 cm³/mol. The van der Waals surface area contributed by atoms with Gasteiger partial charge in [-0.2, -0.15) is 5.10 Å². The lowest BCUT2D eigenvalue weighted by Crippen LogP contribution is -2.09. The van der Waals surface area contributed by atoms with Crippen LogP contribution in [0.25, 0.3) is 0 Å². The highest BCUT2D eigenvalue weighted by atomic mass is 35.5. The molecule has 2 aromatic heterocycles. The van der Waals surface area contributed by atoms with Crippen molar-refractivity contribution in [2.75, 3.05) is 0 Å². The van der Waals surface area contributed by atoms with Crippen LogP contribution in [0.5, 0.6) is 0 Å². The standard InChI is InChI=1S/C14H18ClN3O/c1-4-18-12(14(15)10(3)17-18)6-13(19)11-5-9(2)7-16-8-11/h5,7-8,13,19H,4,6H2,1-3H3. The molecule has 1 atom stereocenters. The third kappa shape index (κ3) is 2.96. The normalized spacial score (nSPS) is 12.7. The Morgan fingerprint density at radius 3 is 2.74 bits per heavy atom. The molecule has 0 radical (unpaired) electrons. The Balaban J connectivity index is 2.26. The van der Waals surface area contributed by atoms with Gasteiger partial charge in [0, 0.05) is 25.4 Å². The molecule has 0 fully saturated rings. The second kappa shape index (κ2) is 5.72. The van der Waals surface area contributed by atoms with Gasteiger partial charge in [0.1, 0.15) is 0 Å². The number of rotatable bonds is 4. The molecule has 2 heterocycles. The Labute approximate surface area is 118 Å². The van der Waals surface area contributed by atoms with E-state index in [2.05, 4.69) is 10.1 Å².